The van der Waals surface area contributed by atoms with Crippen LogP contribution in [0.1, 0.15) is 24.1 Å². The summed E-state index contributed by atoms with van der Waals surface area (Å²) in [6.45, 7) is 1.35. The molecule has 0 saturated carbocycles. The number of urea groups is 1. The molecule has 0 bridgehead atoms. The van der Waals surface area contributed by atoms with E-state index in [0.29, 0.717) is 33.3 Å². The Hall–Kier alpha value is -4.45. The molecule has 194 valence electrons. The molecule has 13 heteroatoms. The number of carbonyl (C=O) groups is 3. The molecule has 12 nitrogen and oxygen atoms in total. The smallest absolute Gasteiger partial charge is 0.337 e. The first kappa shape index (κ1) is 25.6. The van der Waals surface area contributed by atoms with Crippen LogP contribution >= 0.6 is 11.6 Å². The summed E-state index contributed by atoms with van der Waals surface area (Å²) in [5, 5.41) is 9.53. The van der Waals surface area contributed by atoms with Gasteiger partial charge in [-0.1, -0.05) is 17.7 Å². The van der Waals surface area contributed by atoms with Gasteiger partial charge in [0, 0.05) is 17.3 Å². The molecule has 2 aliphatic heterocycles. The van der Waals surface area contributed by atoms with Crippen molar-refractivity contribution in [3.05, 3.63) is 57.8 Å². The van der Waals surface area contributed by atoms with Gasteiger partial charge in [0.05, 0.1) is 37.1 Å². The number of hydrogen-bond donors (Lipinski definition) is 3. The van der Waals surface area contributed by atoms with Gasteiger partial charge in [-0.05, 0) is 30.7 Å². The van der Waals surface area contributed by atoms with Gasteiger partial charge in [-0.25, -0.2) is 15.0 Å². The first-order chi connectivity index (χ1) is 17.8. The maximum atomic E-state index is 12.3. The van der Waals surface area contributed by atoms with E-state index in [-0.39, 0.29) is 30.5 Å². The Bertz CT molecular complexity index is 1310. The number of nitrogens with zero attached hydrogens (tertiary/aromatic N) is 1. The predicted octanol–water partition coefficient (Wildman–Crippen LogP) is 2.41. The molecule has 0 fully saturated rings. The van der Waals surface area contributed by atoms with Gasteiger partial charge in [-0.15, -0.1) is 0 Å². The Morgan fingerprint density at radius 2 is 1.95 bits per heavy atom. The molecule has 3 N–H and O–H groups in total. The number of halogens is 1. The number of amides is 3. The van der Waals surface area contributed by atoms with Crippen molar-refractivity contribution in [2.45, 2.75) is 13.0 Å². The average molecular weight is 531 g/mol. The van der Waals surface area contributed by atoms with Crippen LogP contribution in [0.15, 0.2) is 46.7 Å². The van der Waals surface area contributed by atoms with E-state index >= 15 is 0 Å². The van der Waals surface area contributed by atoms with E-state index in [1.807, 2.05) is 0 Å². The summed E-state index contributed by atoms with van der Waals surface area (Å²) < 4.78 is 26.4. The number of methoxy groups -OCH3 is 2. The van der Waals surface area contributed by atoms with Crippen LogP contribution in [0.2, 0.25) is 5.02 Å². The lowest BCUT2D eigenvalue weighted by Gasteiger charge is -2.28. The zero-order valence-electron chi connectivity index (χ0n) is 20.0. The Morgan fingerprint density at radius 1 is 1.19 bits per heavy atom. The molecule has 2 aromatic carbocycles. The third kappa shape index (κ3) is 5.70. The molecule has 0 unspecified atom stereocenters. The maximum absolute atomic E-state index is 12.3. The van der Waals surface area contributed by atoms with Crippen molar-refractivity contribution >= 4 is 35.7 Å². The van der Waals surface area contributed by atoms with Gasteiger partial charge in [0.2, 0.25) is 6.79 Å². The average Bonchev–Trinajstić information content (AvgIpc) is 3.33. The monoisotopic (exact) mass is 530 g/mol. The molecule has 0 aliphatic carbocycles. The standard InChI is InChI=1S/C24H23ClN4O8/c1-12-21(23(31)34-3)22(28-24(32)27-12)13-4-5-16(17(6-13)33-2)35-10-20(30)29-26-9-14-7-18-19(8-15(14)25)37-11-36-18/h4-9,22H,10-11H2,1-3H3,(H,29,30)(H2,27,28,32)/b26-9-/t22-/m1/s1. The molecule has 1 atom stereocenters. The van der Waals surface area contributed by atoms with Crippen molar-refractivity contribution in [1.82, 2.24) is 16.1 Å². The lowest BCUT2D eigenvalue weighted by molar-refractivity contribution is -0.136. The molecule has 0 radical (unpaired) electrons. The van der Waals surface area contributed by atoms with E-state index in [0.717, 1.165) is 0 Å². The van der Waals surface area contributed by atoms with E-state index < -0.39 is 23.9 Å². The van der Waals surface area contributed by atoms with Gasteiger partial charge in [0.25, 0.3) is 5.91 Å². The second-order valence-electron chi connectivity index (χ2n) is 7.78. The molecule has 0 saturated heterocycles. The van der Waals surface area contributed by atoms with E-state index in [1.54, 1.807) is 37.3 Å². The van der Waals surface area contributed by atoms with Gasteiger partial charge in [0.1, 0.15) is 0 Å². The number of hydrazone groups is 1. The summed E-state index contributed by atoms with van der Waals surface area (Å²) in [5.41, 5.74) is 4.06. The van der Waals surface area contributed by atoms with Gasteiger partial charge in [0.15, 0.2) is 29.6 Å². The van der Waals surface area contributed by atoms with E-state index in [2.05, 4.69) is 21.2 Å². The van der Waals surface area contributed by atoms with Crippen LogP contribution in [0.4, 0.5) is 4.79 Å². The zero-order valence-corrected chi connectivity index (χ0v) is 20.8. The van der Waals surface area contributed by atoms with Gasteiger partial charge in [-0.2, -0.15) is 5.10 Å². The second-order valence-corrected chi connectivity index (χ2v) is 8.19. The summed E-state index contributed by atoms with van der Waals surface area (Å²) in [5.74, 6) is 0.504. The highest BCUT2D eigenvalue weighted by Gasteiger charge is 2.32. The summed E-state index contributed by atoms with van der Waals surface area (Å²) in [7, 11) is 2.68. The molecule has 0 spiro atoms. The number of nitrogens with one attached hydrogen (secondary N) is 3. The minimum atomic E-state index is -0.773. The Morgan fingerprint density at radius 3 is 2.68 bits per heavy atom. The third-order valence-corrected chi connectivity index (χ3v) is 5.77. The maximum Gasteiger partial charge on any atom is 0.337 e. The summed E-state index contributed by atoms with van der Waals surface area (Å²) in [6, 6.07) is 6.82. The fraction of sp³-hybridized carbons (Fsp3) is 0.250. The Balaban J connectivity index is 1.41. The van der Waals surface area contributed by atoms with Gasteiger partial charge >= 0.3 is 12.0 Å². The Kier molecular flexibility index (Phi) is 7.68. The first-order valence-corrected chi connectivity index (χ1v) is 11.3. The highest BCUT2D eigenvalue weighted by atomic mass is 35.5. The van der Waals surface area contributed by atoms with Crippen molar-refractivity contribution in [2.75, 3.05) is 27.6 Å². The fourth-order valence-electron chi connectivity index (χ4n) is 3.69. The third-order valence-electron chi connectivity index (χ3n) is 5.44. The zero-order chi connectivity index (χ0) is 26.5. The van der Waals surface area contributed by atoms with Crippen LogP contribution < -0.4 is 35.0 Å². The minimum Gasteiger partial charge on any atom is -0.493 e. The SMILES string of the molecule is COC(=O)C1=C(C)NC(=O)N[C@@H]1c1ccc(OCC(=O)N/N=C\c2cc3c(cc2Cl)OCO3)c(OC)c1. The molecule has 2 aliphatic rings. The Labute approximate surface area is 216 Å². The molecule has 37 heavy (non-hydrogen) atoms. The van der Waals surface area contributed by atoms with E-state index in [9.17, 15) is 14.4 Å². The second kappa shape index (κ2) is 11.1. The number of carbonyl (C=O) groups excluding carboxylic acids is 3. The topological polar surface area (TPSA) is 146 Å². The van der Waals surface area contributed by atoms with Gasteiger partial charge in [-0.3, -0.25) is 4.79 Å². The number of ether oxygens (including phenoxy) is 5. The molecule has 0 aromatic heterocycles. The molecule has 4 rings (SSSR count). The van der Waals surface area contributed by atoms with Crippen molar-refractivity contribution in [3.63, 3.8) is 0 Å². The van der Waals surface area contributed by atoms with Crippen LogP contribution in [-0.4, -0.2) is 51.7 Å². The number of hydrogen-bond acceptors (Lipinski definition) is 9. The summed E-state index contributed by atoms with van der Waals surface area (Å²) >= 11 is 6.18. The largest absolute Gasteiger partial charge is 0.493 e. The van der Waals surface area contributed by atoms with E-state index in [4.69, 9.17) is 35.3 Å². The lowest BCUT2D eigenvalue weighted by atomic mass is 9.95. The van der Waals surface area contributed by atoms with Crippen LogP contribution in [-0.2, 0) is 14.3 Å². The number of allylic oxidation sites excluding steroid dienone is 1. The molecular weight excluding hydrogens is 508 g/mol. The molecule has 2 aromatic rings. The molecule has 3 amide bonds. The van der Waals surface area contributed by atoms with Gasteiger partial charge < -0.3 is 34.3 Å². The van der Waals surface area contributed by atoms with Crippen molar-refractivity contribution < 1.29 is 38.1 Å². The quantitative estimate of drug-likeness (QED) is 0.268. The van der Waals surface area contributed by atoms with Crippen LogP contribution in [0, 0.1) is 0 Å². The van der Waals surface area contributed by atoms with Crippen molar-refractivity contribution in [2.24, 2.45) is 5.10 Å². The highest BCUT2D eigenvalue weighted by molar-refractivity contribution is 6.33. The van der Waals surface area contributed by atoms with Crippen molar-refractivity contribution in [3.8, 4) is 23.0 Å². The fourth-order valence-corrected chi connectivity index (χ4v) is 3.89. The number of rotatable bonds is 8. The normalized spacial score (nSPS) is 16.2. The highest BCUT2D eigenvalue weighted by Crippen LogP contribution is 2.36. The molecular formula is C24H23ClN4O8. The minimum absolute atomic E-state index is 0.111. The number of benzene rings is 2. The molecule has 2 heterocycles. The number of fused-ring (bicyclic) bond motifs is 1. The predicted molar refractivity (Wildman–Crippen MR) is 131 cm³/mol. The summed E-state index contributed by atoms with van der Waals surface area (Å²) in [4.78, 5) is 36.6. The van der Waals surface area contributed by atoms with Crippen LogP contribution in [0.5, 0.6) is 23.0 Å². The summed E-state index contributed by atoms with van der Waals surface area (Å²) in [6.07, 6.45) is 1.37. The first-order valence-electron chi connectivity index (χ1n) is 10.9. The van der Waals surface area contributed by atoms with Crippen LogP contribution in [0.25, 0.3) is 0 Å². The lowest BCUT2D eigenvalue weighted by Crippen LogP contribution is -2.45. The van der Waals surface area contributed by atoms with Crippen LogP contribution in [0.3, 0.4) is 0 Å². The number of esters is 1. The van der Waals surface area contributed by atoms with E-state index in [1.165, 1.54) is 20.4 Å². The van der Waals surface area contributed by atoms with Crippen molar-refractivity contribution in [1.29, 1.82) is 0 Å².